The van der Waals surface area contributed by atoms with E-state index in [1.165, 1.54) is 10.6 Å². The van der Waals surface area contributed by atoms with Crippen LogP contribution in [0.1, 0.15) is 36.3 Å². The number of rotatable bonds is 6. The van der Waals surface area contributed by atoms with Crippen molar-refractivity contribution in [3.05, 3.63) is 40.3 Å². The van der Waals surface area contributed by atoms with E-state index in [1.54, 1.807) is 17.5 Å². The van der Waals surface area contributed by atoms with Gasteiger partial charge in [0.1, 0.15) is 0 Å². The maximum Gasteiger partial charge on any atom is 0.237 e. The minimum Gasteiger partial charge on any atom is -0.354 e. The lowest BCUT2D eigenvalue weighted by Crippen LogP contribution is -2.49. The van der Waals surface area contributed by atoms with E-state index in [0.717, 1.165) is 32.4 Å². The largest absolute Gasteiger partial charge is 0.354 e. The number of hydrogen-bond donors (Lipinski definition) is 2. The van der Waals surface area contributed by atoms with Crippen molar-refractivity contribution in [1.82, 2.24) is 20.4 Å². The van der Waals surface area contributed by atoms with Crippen molar-refractivity contribution in [3.8, 4) is 0 Å². The van der Waals surface area contributed by atoms with Crippen molar-refractivity contribution in [2.45, 2.75) is 38.1 Å². The standard InChI is InChI=1S/C17H24N4OS/c1-13(17(22)18-8-6-15-5-3-11-23-15)21-10-2-4-14(12-21)16-7-9-19-20-16/h3,5,7,9,11,13-14H,2,4,6,8,10,12H2,1H3,(H,18,22)(H,19,20)/t13-,14+/m1/s1. The van der Waals surface area contributed by atoms with E-state index in [4.69, 9.17) is 0 Å². The van der Waals surface area contributed by atoms with Gasteiger partial charge in [-0.05, 0) is 50.2 Å². The third kappa shape index (κ3) is 4.20. The summed E-state index contributed by atoms with van der Waals surface area (Å²) in [4.78, 5) is 16.0. The van der Waals surface area contributed by atoms with Crippen LogP contribution in [0.25, 0.3) is 0 Å². The van der Waals surface area contributed by atoms with E-state index in [-0.39, 0.29) is 11.9 Å². The van der Waals surface area contributed by atoms with E-state index in [1.807, 2.05) is 19.1 Å². The quantitative estimate of drug-likeness (QED) is 0.854. The Labute approximate surface area is 141 Å². The molecule has 2 aromatic rings. The first kappa shape index (κ1) is 16.2. The third-order valence-electron chi connectivity index (χ3n) is 4.59. The van der Waals surface area contributed by atoms with Gasteiger partial charge in [-0.25, -0.2) is 0 Å². The molecule has 0 spiro atoms. The molecule has 1 aliphatic rings. The molecule has 2 N–H and O–H groups in total. The molecule has 3 rings (SSSR count). The molecule has 1 fully saturated rings. The van der Waals surface area contributed by atoms with Crippen LogP contribution in [0.4, 0.5) is 0 Å². The summed E-state index contributed by atoms with van der Waals surface area (Å²) in [5.74, 6) is 0.583. The van der Waals surface area contributed by atoms with Crippen molar-refractivity contribution >= 4 is 17.2 Å². The minimum atomic E-state index is -0.0796. The van der Waals surface area contributed by atoms with E-state index in [2.05, 4.69) is 31.9 Å². The first-order chi connectivity index (χ1) is 11.2. The van der Waals surface area contributed by atoms with Gasteiger partial charge in [-0.3, -0.25) is 14.8 Å². The van der Waals surface area contributed by atoms with E-state index < -0.39 is 0 Å². The van der Waals surface area contributed by atoms with Crippen LogP contribution in [0.3, 0.4) is 0 Å². The third-order valence-corrected chi connectivity index (χ3v) is 5.53. The number of carbonyl (C=O) groups is 1. The highest BCUT2D eigenvalue weighted by Gasteiger charge is 2.28. The molecule has 0 unspecified atom stereocenters. The lowest BCUT2D eigenvalue weighted by Gasteiger charge is -2.35. The van der Waals surface area contributed by atoms with E-state index >= 15 is 0 Å². The Hall–Kier alpha value is -1.66. The number of aromatic amines is 1. The van der Waals surface area contributed by atoms with Crippen molar-refractivity contribution in [2.24, 2.45) is 0 Å². The van der Waals surface area contributed by atoms with Gasteiger partial charge >= 0.3 is 0 Å². The van der Waals surface area contributed by atoms with Gasteiger partial charge in [0.25, 0.3) is 0 Å². The summed E-state index contributed by atoms with van der Waals surface area (Å²) < 4.78 is 0. The van der Waals surface area contributed by atoms with Gasteiger partial charge in [0, 0.05) is 35.8 Å². The zero-order valence-electron chi connectivity index (χ0n) is 13.5. The second kappa shape index (κ2) is 7.75. The monoisotopic (exact) mass is 332 g/mol. The number of piperidine rings is 1. The molecule has 1 aliphatic heterocycles. The Morgan fingerprint density at radius 3 is 3.22 bits per heavy atom. The number of hydrogen-bond acceptors (Lipinski definition) is 4. The predicted octanol–water partition coefficient (Wildman–Crippen LogP) is 2.40. The molecule has 2 atom stereocenters. The number of aromatic nitrogens is 2. The molecule has 23 heavy (non-hydrogen) atoms. The Balaban J connectivity index is 1.48. The molecular formula is C17H24N4OS. The zero-order valence-corrected chi connectivity index (χ0v) is 14.3. The van der Waals surface area contributed by atoms with E-state index in [9.17, 15) is 4.79 Å². The molecule has 1 saturated heterocycles. The summed E-state index contributed by atoms with van der Waals surface area (Å²) in [5.41, 5.74) is 1.18. The Kier molecular flexibility index (Phi) is 5.46. The van der Waals surface area contributed by atoms with Crippen molar-refractivity contribution < 1.29 is 4.79 Å². The molecule has 6 heteroatoms. The number of thiophene rings is 1. The normalized spacial score (nSPS) is 20.3. The van der Waals surface area contributed by atoms with Crippen molar-refractivity contribution in [2.75, 3.05) is 19.6 Å². The fraction of sp³-hybridized carbons (Fsp3) is 0.529. The van der Waals surface area contributed by atoms with Crippen molar-refractivity contribution in [1.29, 1.82) is 0 Å². The summed E-state index contributed by atoms with van der Waals surface area (Å²) in [7, 11) is 0. The van der Waals surface area contributed by atoms with Crippen LogP contribution < -0.4 is 5.32 Å². The number of nitrogens with zero attached hydrogens (tertiary/aromatic N) is 2. The number of likely N-dealkylation sites (tertiary alicyclic amines) is 1. The van der Waals surface area contributed by atoms with Crippen molar-refractivity contribution in [3.63, 3.8) is 0 Å². The average Bonchev–Trinajstić information content (AvgIpc) is 3.28. The van der Waals surface area contributed by atoms with Gasteiger partial charge in [0.05, 0.1) is 6.04 Å². The summed E-state index contributed by atoms with van der Waals surface area (Å²) in [6, 6.07) is 6.12. The van der Waals surface area contributed by atoms with E-state index in [0.29, 0.717) is 12.5 Å². The molecule has 1 amide bonds. The molecule has 5 nitrogen and oxygen atoms in total. The molecule has 0 radical (unpaired) electrons. The lowest BCUT2D eigenvalue weighted by molar-refractivity contribution is -0.126. The zero-order chi connectivity index (χ0) is 16.1. The molecular weight excluding hydrogens is 308 g/mol. The molecule has 0 aliphatic carbocycles. The maximum absolute atomic E-state index is 12.4. The van der Waals surface area contributed by atoms with Gasteiger partial charge in [-0.15, -0.1) is 11.3 Å². The van der Waals surface area contributed by atoms with Crippen LogP contribution in [0.15, 0.2) is 29.8 Å². The smallest absolute Gasteiger partial charge is 0.237 e. The lowest BCUT2D eigenvalue weighted by atomic mass is 9.94. The summed E-state index contributed by atoms with van der Waals surface area (Å²) in [6.07, 6.45) is 4.99. The van der Waals surface area contributed by atoms with Crippen LogP contribution >= 0.6 is 11.3 Å². The number of carbonyl (C=O) groups excluding carboxylic acids is 1. The second-order valence-corrected chi connectivity index (χ2v) is 7.17. The number of nitrogens with one attached hydrogen (secondary N) is 2. The first-order valence-corrected chi connectivity index (χ1v) is 9.15. The molecule has 0 saturated carbocycles. The number of amides is 1. The highest BCUT2D eigenvalue weighted by Crippen LogP contribution is 2.26. The highest BCUT2D eigenvalue weighted by atomic mass is 32.1. The fourth-order valence-electron chi connectivity index (χ4n) is 3.18. The maximum atomic E-state index is 12.4. The summed E-state index contributed by atoms with van der Waals surface area (Å²) >= 11 is 1.74. The Morgan fingerprint density at radius 1 is 1.57 bits per heavy atom. The topological polar surface area (TPSA) is 61.0 Å². The van der Waals surface area contributed by atoms with Crippen LogP contribution in [-0.2, 0) is 11.2 Å². The molecule has 3 heterocycles. The average molecular weight is 332 g/mol. The van der Waals surface area contributed by atoms with Gasteiger partial charge < -0.3 is 5.32 Å². The van der Waals surface area contributed by atoms with Gasteiger partial charge in [-0.2, -0.15) is 5.10 Å². The van der Waals surface area contributed by atoms with Crippen LogP contribution in [-0.4, -0.2) is 46.7 Å². The number of H-pyrrole nitrogens is 1. The second-order valence-electron chi connectivity index (χ2n) is 6.14. The molecule has 0 aromatic carbocycles. The summed E-state index contributed by atoms with van der Waals surface area (Å²) in [5, 5.41) is 12.3. The predicted molar refractivity (Wildman–Crippen MR) is 92.6 cm³/mol. The molecule has 124 valence electrons. The SMILES string of the molecule is C[C@H](C(=O)NCCc1cccs1)N1CCC[C@H](c2ccn[nH]2)C1. The highest BCUT2D eigenvalue weighted by molar-refractivity contribution is 7.09. The Morgan fingerprint density at radius 2 is 2.48 bits per heavy atom. The van der Waals surface area contributed by atoms with Gasteiger partial charge in [0.2, 0.25) is 5.91 Å². The fourth-order valence-corrected chi connectivity index (χ4v) is 3.89. The van der Waals surface area contributed by atoms with Gasteiger partial charge in [0.15, 0.2) is 0 Å². The molecule has 0 bridgehead atoms. The van der Waals surface area contributed by atoms with Crippen LogP contribution in [0.5, 0.6) is 0 Å². The van der Waals surface area contributed by atoms with Gasteiger partial charge in [-0.1, -0.05) is 6.07 Å². The van der Waals surface area contributed by atoms with Crippen LogP contribution in [0, 0.1) is 0 Å². The molecule has 2 aromatic heterocycles. The first-order valence-electron chi connectivity index (χ1n) is 8.27. The minimum absolute atomic E-state index is 0.0796. The van der Waals surface area contributed by atoms with Crippen LogP contribution in [0.2, 0.25) is 0 Å². The summed E-state index contributed by atoms with van der Waals surface area (Å²) in [6.45, 7) is 4.63. The Bertz CT molecular complexity index is 596.